The molecule has 0 spiro atoms. The van der Waals surface area contributed by atoms with Crippen LogP contribution < -0.4 is 0 Å². The van der Waals surface area contributed by atoms with E-state index in [9.17, 15) is 4.79 Å². The molecule has 0 saturated heterocycles. The molecule has 0 radical (unpaired) electrons. The summed E-state index contributed by atoms with van der Waals surface area (Å²) >= 11 is 0. The Morgan fingerprint density at radius 3 is 2.88 bits per heavy atom. The van der Waals surface area contributed by atoms with Crippen LogP contribution in [-0.2, 0) is 24.1 Å². The minimum absolute atomic E-state index is 0. The summed E-state index contributed by atoms with van der Waals surface area (Å²) in [6, 6.07) is 10.6. The van der Waals surface area contributed by atoms with E-state index in [4.69, 9.17) is 0 Å². The topological polar surface area (TPSA) is 49.0 Å². The summed E-state index contributed by atoms with van der Waals surface area (Å²) in [6.07, 6.45) is 8.96. The molecule has 0 bridgehead atoms. The highest BCUT2D eigenvalue weighted by molar-refractivity contribution is 5.85. The van der Waals surface area contributed by atoms with E-state index in [1.165, 1.54) is 18.4 Å². The van der Waals surface area contributed by atoms with Gasteiger partial charge in [0.25, 0.3) is 0 Å². The molecule has 1 unspecified atom stereocenters. The van der Waals surface area contributed by atoms with E-state index in [1.54, 1.807) is 6.33 Å². The third-order valence-corrected chi connectivity index (χ3v) is 5.01. The van der Waals surface area contributed by atoms with Crippen LogP contribution >= 0.6 is 12.4 Å². The maximum atomic E-state index is 12.6. The van der Waals surface area contributed by atoms with Crippen LogP contribution in [0.25, 0.3) is 0 Å². The Morgan fingerprint density at radius 1 is 1.28 bits per heavy atom. The van der Waals surface area contributed by atoms with Gasteiger partial charge in [0.2, 0.25) is 5.91 Å². The quantitative estimate of drug-likeness (QED) is 0.754. The van der Waals surface area contributed by atoms with Crippen LogP contribution in [-0.4, -0.2) is 34.4 Å². The molecule has 1 N–H and O–H groups in total. The molecule has 1 aromatic carbocycles. The molecule has 2 aromatic rings. The smallest absolute Gasteiger partial charge is 0.225 e. The summed E-state index contributed by atoms with van der Waals surface area (Å²) in [6.45, 7) is 0.861. The number of hydrogen-bond acceptors (Lipinski definition) is 2. The number of nitrogens with one attached hydrogen (secondary N) is 1. The average molecular weight is 364 g/mol. The minimum atomic E-state index is 0. The molecule has 0 fully saturated rings. The van der Waals surface area contributed by atoms with Crippen LogP contribution in [0.15, 0.2) is 36.7 Å². The van der Waals surface area contributed by atoms with Crippen LogP contribution in [0.4, 0.5) is 0 Å². The zero-order valence-corrected chi connectivity index (χ0v) is 15.7. The highest BCUT2D eigenvalue weighted by Crippen LogP contribution is 2.24. The Bertz CT molecular complexity index is 662. The van der Waals surface area contributed by atoms with Gasteiger partial charge in [-0.3, -0.25) is 4.79 Å². The Balaban J connectivity index is 0.00000169. The number of amides is 1. The zero-order valence-electron chi connectivity index (χ0n) is 14.9. The van der Waals surface area contributed by atoms with E-state index in [1.807, 2.05) is 11.9 Å². The molecule has 138 valence electrons. The summed E-state index contributed by atoms with van der Waals surface area (Å²) in [4.78, 5) is 22.0. The second-order valence-corrected chi connectivity index (χ2v) is 6.82. The van der Waals surface area contributed by atoms with E-state index in [2.05, 4.69) is 40.3 Å². The van der Waals surface area contributed by atoms with Crippen molar-refractivity contribution in [2.75, 3.05) is 13.6 Å². The number of imidazole rings is 1. The monoisotopic (exact) mass is 363 g/mol. The van der Waals surface area contributed by atoms with Crippen molar-refractivity contribution in [2.24, 2.45) is 5.92 Å². The van der Waals surface area contributed by atoms with Crippen LogP contribution in [0.3, 0.4) is 0 Å². The van der Waals surface area contributed by atoms with Gasteiger partial charge in [0.05, 0.1) is 12.0 Å². The normalized spacial score (nSPS) is 16.0. The number of hydrogen-bond donors (Lipinski definition) is 1. The summed E-state index contributed by atoms with van der Waals surface area (Å²) in [5, 5.41) is 0. The van der Waals surface area contributed by atoms with E-state index < -0.39 is 0 Å². The Hall–Kier alpha value is -1.81. The molecule has 1 atom stereocenters. The molecule has 4 nitrogen and oxygen atoms in total. The van der Waals surface area contributed by atoms with Gasteiger partial charge < -0.3 is 9.88 Å². The maximum absolute atomic E-state index is 12.6. The number of aryl methyl sites for hydroxylation is 2. The molecule has 1 heterocycles. The van der Waals surface area contributed by atoms with Gasteiger partial charge >= 0.3 is 0 Å². The highest BCUT2D eigenvalue weighted by Gasteiger charge is 2.27. The molecule has 0 saturated carbocycles. The summed E-state index contributed by atoms with van der Waals surface area (Å²) in [5.41, 5.74) is 3.69. The van der Waals surface area contributed by atoms with Gasteiger partial charge in [-0.15, -0.1) is 12.4 Å². The Kier molecular flexibility index (Phi) is 7.51. The first-order valence-corrected chi connectivity index (χ1v) is 9.04. The van der Waals surface area contributed by atoms with E-state index in [-0.39, 0.29) is 19.8 Å². The van der Waals surface area contributed by atoms with Crippen molar-refractivity contribution in [2.45, 2.75) is 44.9 Å². The van der Waals surface area contributed by atoms with Gasteiger partial charge in [-0.1, -0.05) is 36.8 Å². The first-order chi connectivity index (χ1) is 11.7. The number of halogens is 1. The third-order valence-electron chi connectivity index (χ3n) is 5.01. The number of aromatic nitrogens is 2. The van der Waals surface area contributed by atoms with E-state index >= 15 is 0 Å². The fourth-order valence-corrected chi connectivity index (χ4v) is 3.53. The van der Waals surface area contributed by atoms with Gasteiger partial charge in [0.1, 0.15) is 0 Å². The van der Waals surface area contributed by atoms with Gasteiger partial charge in [0.15, 0.2) is 0 Å². The van der Waals surface area contributed by atoms with Crippen molar-refractivity contribution in [1.82, 2.24) is 14.9 Å². The molecular weight excluding hydrogens is 334 g/mol. The van der Waals surface area contributed by atoms with Gasteiger partial charge in [0, 0.05) is 33.1 Å². The predicted octanol–water partition coefficient (Wildman–Crippen LogP) is 4.05. The van der Waals surface area contributed by atoms with Crippen molar-refractivity contribution in [1.29, 1.82) is 0 Å². The number of benzene rings is 1. The van der Waals surface area contributed by atoms with Crippen molar-refractivity contribution >= 4 is 18.3 Å². The lowest BCUT2D eigenvalue weighted by atomic mass is 9.89. The van der Waals surface area contributed by atoms with E-state index in [0.29, 0.717) is 5.91 Å². The average Bonchev–Trinajstić information content (AvgIpc) is 3.09. The van der Waals surface area contributed by atoms with Gasteiger partial charge in [-0.25, -0.2) is 4.98 Å². The predicted molar refractivity (Wildman–Crippen MR) is 105 cm³/mol. The SMILES string of the molecule is CN(CCCCCc1ccccc1)C(=O)C1CCc2nc[nH]c2C1.Cl.[HH]. The van der Waals surface area contributed by atoms with Crippen molar-refractivity contribution in [3.05, 3.63) is 53.6 Å². The third kappa shape index (κ3) is 5.33. The number of fused-ring (bicyclic) bond motifs is 1. The molecule has 1 aliphatic rings. The fourth-order valence-electron chi connectivity index (χ4n) is 3.53. The van der Waals surface area contributed by atoms with E-state index in [0.717, 1.165) is 50.0 Å². The standard InChI is InChI=1S/C20H27N3O.ClH.H2/c1-23(13-7-3-6-10-16-8-4-2-5-9-16)20(24)17-11-12-18-19(14-17)22-15-21-18;;/h2,4-5,8-9,15,17H,3,6-7,10-14H2,1H3,(H,21,22);2*1H. The summed E-state index contributed by atoms with van der Waals surface area (Å²) in [7, 11) is 1.95. The first kappa shape index (κ1) is 19.5. The van der Waals surface area contributed by atoms with Crippen LogP contribution in [0, 0.1) is 5.92 Å². The van der Waals surface area contributed by atoms with Gasteiger partial charge in [-0.05, 0) is 37.7 Å². The zero-order chi connectivity index (χ0) is 16.8. The lowest BCUT2D eigenvalue weighted by Crippen LogP contribution is -2.36. The van der Waals surface area contributed by atoms with Crippen molar-refractivity contribution in [3.63, 3.8) is 0 Å². The number of H-pyrrole nitrogens is 1. The van der Waals surface area contributed by atoms with Gasteiger partial charge in [-0.2, -0.15) is 0 Å². The number of carbonyl (C=O) groups is 1. The minimum Gasteiger partial charge on any atom is -0.348 e. The Labute approximate surface area is 157 Å². The van der Waals surface area contributed by atoms with Crippen molar-refractivity contribution < 1.29 is 6.22 Å². The lowest BCUT2D eigenvalue weighted by Gasteiger charge is -2.26. The van der Waals surface area contributed by atoms with Crippen LogP contribution in [0.1, 0.15) is 44.1 Å². The first-order valence-electron chi connectivity index (χ1n) is 9.04. The molecule has 3 rings (SSSR count). The largest absolute Gasteiger partial charge is 0.348 e. The van der Waals surface area contributed by atoms with Crippen LogP contribution in [0.5, 0.6) is 0 Å². The number of unbranched alkanes of at least 4 members (excludes halogenated alkanes) is 2. The second-order valence-electron chi connectivity index (χ2n) is 6.82. The molecule has 0 aliphatic heterocycles. The second kappa shape index (κ2) is 9.62. The molecule has 1 aliphatic carbocycles. The molecule has 1 amide bonds. The maximum Gasteiger partial charge on any atom is 0.225 e. The fraction of sp³-hybridized carbons (Fsp3) is 0.500. The summed E-state index contributed by atoms with van der Waals surface area (Å²) < 4.78 is 0. The number of nitrogens with zero attached hydrogens (tertiary/aromatic N) is 2. The Morgan fingerprint density at radius 2 is 2.08 bits per heavy atom. The molecular formula is C20H30ClN3O. The lowest BCUT2D eigenvalue weighted by molar-refractivity contribution is -0.134. The number of rotatable bonds is 7. The molecule has 25 heavy (non-hydrogen) atoms. The number of carbonyl (C=O) groups excluding carboxylic acids is 1. The summed E-state index contributed by atoms with van der Waals surface area (Å²) in [5.74, 6) is 0.408. The molecule has 1 aromatic heterocycles. The highest BCUT2D eigenvalue weighted by atomic mass is 35.5. The van der Waals surface area contributed by atoms with Crippen LogP contribution in [0.2, 0.25) is 0 Å². The van der Waals surface area contributed by atoms with Crippen molar-refractivity contribution in [3.8, 4) is 0 Å². The molecule has 5 heteroatoms. The number of aromatic amines is 1.